The van der Waals surface area contributed by atoms with Crippen LogP contribution in [0.5, 0.6) is 0 Å². The molecule has 0 radical (unpaired) electrons. The average molecular weight is 430 g/mol. The van der Waals surface area contributed by atoms with Crippen LogP contribution in [0.25, 0.3) is 22.8 Å². The maximum atomic E-state index is 5.57. The number of hydrogen-bond acceptors (Lipinski definition) is 7. The largest absolute Gasteiger partial charge is 0.467 e. The maximum absolute atomic E-state index is 5.57. The quantitative estimate of drug-likeness (QED) is 0.327. The van der Waals surface area contributed by atoms with Crippen LogP contribution in [-0.4, -0.2) is 24.9 Å². The summed E-state index contributed by atoms with van der Waals surface area (Å²) in [6.07, 6.45) is 1.67. The molecule has 31 heavy (non-hydrogen) atoms. The highest BCUT2D eigenvalue weighted by Gasteiger charge is 2.17. The molecule has 7 nitrogen and oxygen atoms in total. The minimum Gasteiger partial charge on any atom is -0.467 e. The predicted molar refractivity (Wildman–Crippen MR) is 117 cm³/mol. The highest BCUT2D eigenvalue weighted by Crippen LogP contribution is 2.28. The Morgan fingerprint density at radius 3 is 2.61 bits per heavy atom. The molecule has 0 N–H and O–H groups in total. The Hall–Kier alpha value is -3.65. The Morgan fingerprint density at radius 1 is 0.935 bits per heavy atom. The van der Waals surface area contributed by atoms with Gasteiger partial charge in [0.25, 0.3) is 5.89 Å². The highest BCUT2D eigenvalue weighted by atomic mass is 32.2. The molecule has 0 amide bonds. The Bertz CT molecular complexity index is 1280. The molecule has 0 fully saturated rings. The third-order valence-electron chi connectivity index (χ3n) is 4.71. The molecule has 0 saturated heterocycles. The number of hydrogen-bond donors (Lipinski definition) is 0. The lowest BCUT2D eigenvalue weighted by molar-refractivity contribution is 0.425. The van der Waals surface area contributed by atoms with Crippen molar-refractivity contribution in [2.24, 2.45) is 0 Å². The molecule has 5 aromatic rings. The number of aromatic nitrogens is 5. The zero-order chi connectivity index (χ0) is 21.0. The lowest BCUT2D eigenvalue weighted by Gasteiger charge is -2.08. The lowest BCUT2D eigenvalue weighted by atomic mass is 10.1. The summed E-state index contributed by atoms with van der Waals surface area (Å²) in [6.45, 7) is 2.60. The van der Waals surface area contributed by atoms with E-state index in [4.69, 9.17) is 8.94 Å². The van der Waals surface area contributed by atoms with Crippen LogP contribution in [0.3, 0.4) is 0 Å². The number of furan rings is 1. The number of rotatable bonds is 7. The first-order valence-electron chi connectivity index (χ1n) is 9.80. The Kier molecular flexibility index (Phi) is 5.37. The summed E-state index contributed by atoms with van der Waals surface area (Å²) < 4.78 is 13.0. The third kappa shape index (κ3) is 4.29. The first kappa shape index (κ1) is 19.3. The fourth-order valence-electron chi connectivity index (χ4n) is 3.23. The second-order valence-corrected chi connectivity index (χ2v) is 7.95. The summed E-state index contributed by atoms with van der Waals surface area (Å²) in [7, 11) is 0. The summed E-state index contributed by atoms with van der Waals surface area (Å²) in [5.41, 5.74) is 3.07. The number of thioether (sulfide) groups is 1. The van der Waals surface area contributed by atoms with Crippen LogP contribution in [0, 0.1) is 6.92 Å². The van der Waals surface area contributed by atoms with Crippen molar-refractivity contribution in [1.29, 1.82) is 0 Å². The second-order valence-electron chi connectivity index (χ2n) is 7.01. The van der Waals surface area contributed by atoms with Gasteiger partial charge in [-0.2, -0.15) is 4.98 Å². The second kappa shape index (κ2) is 8.61. The number of nitrogens with zero attached hydrogens (tertiary/aromatic N) is 5. The smallest absolute Gasteiger partial charge is 0.257 e. The summed E-state index contributed by atoms with van der Waals surface area (Å²) in [5, 5.41) is 13.8. The van der Waals surface area contributed by atoms with E-state index in [1.54, 1.807) is 6.26 Å². The van der Waals surface area contributed by atoms with Crippen LogP contribution in [0.4, 0.5) is 0 Å². The molecule has 5 rings (SSSR count). The minimum atomic E-state index is 0.508. The molecule has 0 aliphatic rings. The Labute approximate surface area is 183 Å². The fourth-order valence-corrected chi connectivity index (χ4v) is 4.01. The normalized spacial score (nSPS) is 11.1. The first-order chi connectivity index (χ1) is 15.3. The van der Waals surface area contributed by atoms with E-state index in [1.807, 2.05) is 54.6 Å². The lowest BCUT2D eigenvalue weighted by Crippen LogP contribution is -2.03. The molecule has 0 spiro atoms. The molecule has 0 aliphatic carbocycles. The van der Waals surface area contributed by atoms with Gasteiger partial charge in [0, 0.05) is 11.1 Å². The Balaban J connectivity index is 1.40. The van der Waals surface area contributed by atoms with Crippen molar-refractivity contribution in [3.05, 3.63) is 90.1 Å². The molecule has 0 atom stereocenters. The van der Waals surface area contributed by atoms with Crippen molar-refractivity contribution >= 4 is 11.8 Å². The van der Waals surface area contributed by atoms with Crippen molar-refractivity contribution in [1.82, 2.24) is 24.9 Å². The van der Waals surface area contributed by atoms with E-state index in [-0.39, 0.29) is 0 Å². The van der Waals surface area contributed by atoms with Gasteiger partial charge >= 0.3 is 0 Å². The zero-order valence-electron chi connectivity index (χ0n) is 16.8. The van der Waals surface area contributed by atoms with Crippen molar-refractivity contribution in [3.8, 4) is 22.8 Å². The monoisotopic (exact) mass is 429 g/mol. The van der Waals surface area contributed by atoms with Crippen LogP contribution in [-0.2, 0) is 12.3 Å². The van der Waals surface area contributed by atoms with Crippen LogP contribution < -0.4 is 0 Å². The van der Waals surface area contributed by atoms with Gasteiger partial charge in [-0.25, -0.2) is 0 Å². The summed E-state index contributed by atoms with van der Waals surface area (Å²) in [6, 6.07) is 21.8. The molecule has 0 saturated carbocycles. The molecule has 8 heteroatoms. The predicted octanol–water partition coefficient (Wildman–Crippen LogP) is 5.24. The molecule has 154 valence electrons. The fraction of sp³-hybridized carbons (Fsp3) is 0.130. The summed E-state index contributed by atoms with van der Waals surface area (Å²) in [5.74, 6) is 3.25. The highest BCUT2D eigenvalue weighted by molar-refractivity contribution is 7.98. The molecule has 3 heterocycles. The standard InChI is InChI=1S/C23H19N5O2S/c1-16-7-5-10-18(13-16)21-25-26-23(28(21)14-19-11-6-12-29-19)31-15-20-24-22(30-27-20)17-8-3-2-4-9-17/h2-13H,14-15H2,1H3. The molecular weight excluding hydrogens is 410 g/mol. The van der Waals surface area contributed by atoms with Gasteiger partial charge in [-0.05, 0) is 37.3 Å². The van der Waals surface area contributed by atoms with Gasteiger partial charge in [0.15, 0.2) is 16.8 Å². The van der Waals surface area contributed by atoms with E-state index < -0.39 is 0 Å². The van der Waals surface area contributed by atoms with Gasteiger partial charge in [-0.3, -0.25) is 4.57 Å². The van der Waals surface area contributed by atoms with E-state index in [9.17, 15) is 0 Å². The van der Waals surface area contributed by atoms with Crippen LogP contribution in [0.1, 0.15) is 17.1 Å². The zero-order valence-corrected chi connectivity index (χ0v) is 17.6. The van der Waals surface area contributed by atoms with Gasteiger partial charge in [0.1, 0.15) is 5.76 Å². The number of aryl methyl sites for hydroxylation is 1. The maximum Gasteiger partial charge on any atom is 0.257 e. The molecule has 2 aromatic carbocycles. The van der Waals surface area contributed by atoms with Gasteiger partial charge in [0.05, 0.1) is 18.6 Å². The van der Waals surface area contributed by atoms with E-state index in [2.05, 4.69) is 44.0 Å². The molecule has 3 aromatic heterocycles. The average Bonchev–Trinajstić information content (AvgIpc) is 3.55. The van der Waals surface area contributed by atoms with Crippen LogP contribution >= 0.6 is 11.8 Å². The molecule has 0 aliphatic heterocycles. The van der Waals surface area contributed by atoms with Crippen LogP contribution in [0.15, 0.2) is 87.1 Å². The molecule has 0 bridgehead atoms. The molecular formula is C23H19N5O2S. The Morgan fingerprint density at radius 2 is 1.81 bits per heavy atom. The van der Waals surface area contributed by atoms with E-state index in [0.29, 0.717) is 24.0 Å². The summed E-state index contributed by atoms with van der Waals surface area (Å²) >= 11 is 1.51. The van der Waals surface area contributed by atoms with E-state index in [1.165, 1.54) is 17.3 Å². The van der Waals surface area contributed by atoms with Crippen molar-refractivity contribution in [3.63, 3.8) is 0 Å². The third-order valence-corrected chi connectivity index (χ3v) is 5.67. The SMILES string of the molecule is Cc1cccc(-c2nnc(SCc3noc(-c4ccccc4)n3)n2Cc2ccco2)c1. The molecule has 0 unspecified atom stereocenters. The minimum absolute atomic E-state index is 0.508. The summed E-state index contributed by atoms with van der Waals surface area (Å²) in [4.78, 5) is 4.50. The van der Waals surface area contributed by atoms with Crippen LogP contribution in [0.2, 0.25) is 0 Å². The van der Waals surface area contributed by atoms with Gasteiger partial charge in [-0.1, -0.05) is 58.9 Å². The number of benzene rings is 2. The van der Waals surface area contributed by atoms with Gasteiger partial charge < -0.3 is 8.94 Å². The van der Waals surface area contributed by atoms with Crippen molar-refractivity contribution < 1.29 is 8.94 Å². The van der Waals surface area contributed by atoms with E-state index in [0.717, 1.165) is 27.9 Å². The van der Waals surface area contributed by atoms with Crippen molar-refractivity contribution in [2.75, 3.05) is 0 Å². The van der Waals surface area contributed by atoms with Crippen molar-refractivity contribution in [2.45, 2.75) is 24.4 Å². The van der Waals surface area contributed by atoms with Gasteiger partial charge in [0.2, 0.25) is 0 Å². The van der Waals surface area contributed by atoms with E-state index >= 15 is 0 Å². The van der Waals surface area contributed by atoms with Gasteiger partial charge in [-0.15, -0.1) is 10.2 Å². The topological polar surface area (TPSA) is 82.8 Å². The first-order valence-corrected chi connectivity index (χ1v) is 10.8.